The minimum Gasteiger partial charge on any atom is -0.438 e. The van der Waals surface area contributed by atoms with Crippen LogP contribution in [0.2, 0.25) is 0 Å². The van der Waals surface area contributed by atoms with Gasteiger partial charge in [-0.15, -0.1) is 0 Å². The third-order valence-corrected chi connectivity index (χ3v) is 3.21. The maximum Gasteiger partial charge on any atom is 0.255 e. The van der Waals surface area contributed by atoms with Crippen molar-refractivity contribution in [3.63, 3.8) is 0 Å². The molecule has 0 saturated carbocycles. The van der Waals surface area contributed by atoms with E-state index in [0.29, 0.717) is 11.7 Å². The SMILES string of the molecule is Cc1cc(Oc2cc(Br)ccc2C)n2ncnc2n1. The first-order chi connectivity index (χ1) is 9.13. The van der Waals surface area contributed by atoms with Gasteiger partial charge in [-0.1, -0.05) is 22.0 Å². The average Bonchev–Trinajstić information content (AvgIpc) is 2.82. The van der Waals surface area contributed by atoms with Crippen LogP contribution >= 0.6 is 15.9 Å². The number of hydrogen-bond acceptors (Lipinski definition) is 4. The predicted molar refractivity (Wildman–Crippen MR) is 74.5 cm³/mol. The number of aromatic nitrogens is 4. The number of halogens is 1. The van der Waals surface area contributed by atoms with Gasteiger partial charge < -0.3 is 4.74 Å². The Hall–Kier alpha value is -1.95. The molecule has 2 aromatic heterocycles. The number of rotatable bonds is 2. The van der Waals surface area contributed by atoms with Gasteiger partial charge in [0, 0.05) is 16.2 Å². The Labute approximate surface area is 118 Å². The summed E-state index contributed by atoms with van der Waals surface area (Å²) < 4.78 is 8.48. The molecule has 0 N–H and O–H groups in total. The van der Waals surface area contributed by atoms with E-state index in [4.69, 9.17) is 4.74 Å². The minimum absolute atomic E-state index is 0.530. The topological polar surface area (TPSA) is 52.3 Å². The van der Waals surface area contributed by atoms with Crippen LogP contribution in [0.4, 0.5) is 0 Å². The second-order valence-electron chi connectivity index (χ2n) is 4.22. The normalized spacial score (nSPS) is 10.9. The molecule has 1 aromatic carbocycles. The van der Waals surface area contributed by atoms with Crippen molar-refractivity contribution in [1.82, 2.24) is 19.6 Å². The highest BCUT2D eigenvalue weighted by atomic mass is 79.9. The molecule has 0 aliphatic carbocycles. The summed E-state index contributed by atoms with van der Waals surface area (Å²) in [5, 5.41) is 4.11. The monoisotopic (exact) mass is 318 g/mol. The zero-order valence-corrected chi connectivity index (χ0v) is 12.0. The van der Waals surface area contributed by atoms with Gasteiger partial charge in [0.2, 0.25) is 5.88 Å². The summed E-state index contributed by atoms with van der Waals surface area (Å²) >= 11 is 3.44. The van der Waals surface area contributed by atoms with Crippen LogP contribution in [0.15, 0.2) is 35.1 Å². The molecule has 3 rings (SSSR count). The average molecular weight is 319 g/mol. The van der Waals surface area contributed by atoms with Crippen molar-refractivity contribution < 1.29 is 4.74 Å². The number of aryl methyl sites for hydroxylation is 2. The third-order valence-electron chi connectivity index (χ3n) is 2.71. The van der Waals surface area contributed by atoms with E-state index in [9.17, 15) is 0 Å². The Bertz CT molecular complexity index is 753. The van der Waals surface area contributed by atoms with Gasteiger partial charge in [-0.3, -0.25) is 0 Å². The van der Waals surface area contributed by atoms with Crippen LogP contribution in [0.3, 0.4) is 0 Å². The molecule has 0 amide bonds. The highest BCUT2D eigenvalue weighted by Crippen LogP contribution is 2.28. The molecule has 6 heteroatoms. The fraction of sp³-hybridized carbons (Fsp3) is 0.154. The minimum atomic E-state index is 0.530. The van der Waals surface area contributed by atoms with Gasteiger partial charge in [0.15, 0.2) is 0 Å². The second kappa shape index (κ2) is 4.62. The maximum absolute atomic E-state index is 5.93. The van der Waals surface area contributed by atoms with E-state index in [1.807, 2.05) is 38.1 Å². The van der Waals surface area contributed by atoms with Crippen LogP contribution in [0.25, 0.3) is 5.78 Å². The molecule has 0 fully saturated rings. The van der Waals surface area contributed by atoms with Gasteiger partial charge in [-0.05, 0) is 31.5 Å². The molecule has 0 atom stereocenters. The summed E-state index contributed by atoms with van der Waals surface area (Å²) in [5.74, 6) is 1.90. The lowest BCUT2D eigenvalue weighted by Crippen LogP contribution is -2.00. The predicted octanol–water partition coefficient (Wildman–Crippen LogP) is 3.30. The molecule has 0 saturated heterocycles. The van der Waals surface area contributed by atoms with E-state index in [1.54, 1.807) is 4.52 Å². The van der Waals surface area contributed by atoms with Gasteiger partial charge in [-0.2, -0.15) is 14.6 Å². The summed E-state index contributed by atoms with van der Waals surface area (Å²) in [5.41, 5.74) is 1.88. The Morgan fingerprint density at radius 1 is 1.21 bits per heavy atom. The van der Waals surface area contributed by atoms with E-state index in [2.05, 4.69) is 31.0 Å². The van der Waals surface area contributed by atoms with E-state index in [0.717, 1.165) is 21.5 Å². The number of ether oxygens (including phenoxy) is 1. The summed E-state index contributed by atoms with van der Waals surface area (Å²) in [7, 11) is 0. The Morgan fingerprint density at radius 3 is 2.89 bits per heavy atom. The molecule has 0 spiro atoms. The molecule has 0 aliphatic rings. The molecular weight excluding hydrogens is 308 g/mol. The van der Waals surface area contributed by atoms with Crippen molar-refractivity contribution in [3.8, 4) is 11.6 Å². The molecule has 5 nitrogen and oxygen atoms in total. The molecule has 0 unspecified atom stereocenters. The van der Waals surface area contributed by atoms with Crippen molar-refractivity contribution in [1.29, 1.82) is 0 Å². The molecule has 3 aromatic rings. The lowest BCUT2D eigenvalue weighted by atomic mass is 10.2. The summed E-state index contributed by atoms with van der Waals surface area (Å²) in [4.78, 5) is 8.35. The van der Waals surface area contributed by atoms with Crippen LogP contribution in [0, 0.1) is 13.8 Å². The van der Waals surface area contributed by atoms with Gasteiger partial charge in [0.05, 0.1) is 0 Å². The number of fused-ring (bicyclic) bond motifs is 1. The van der Waals surface area contributed by atoms with Crippen molar-refractivity contribution in [3.05, 3.63) is 46.3 Å². The van der Waals surface area contributed by atoms with Crippen LogP contribution in [-0.4, -0.2) is 19.6 Å². The zero-order valence-electron chi connectivity index (χ0n) is 10.5. The lowest BCUT2D eigenvalue weighted by molar-refractivity contribution is 0.442. The van der Waals surface area contributed by atoms with Gasteiger partial charge >= 0.3 is 0 Å². The zero-order chi connectivity index (χ0) is 13.4. The van der Waals surface area contributed by atoms with E-state index in [-0.39, 0.29) is 0 Å². The van der Waals surface area contributed by atoms with Crippen molar-refractivity contribution in [2.75, 3.05) is 0 Å². The Balaban J connectivity index is 2.10. The highest BCUT2D eigenvalue weighted by Gasteiger charge is 2.09. The first-order valence-corrected chi connectivity index (χ1v) is 6.54. The van der Waals surface area contributed by atoms with Crippen LogP contribution in [0.1, 0.15) is 11.3 Å². The highest BCUT2D eigenvalue weighted by molar-refractivity contribution is 9.10. The van der Waals surface area contributed by atoms with Crippen LogP contribution < -0.4 is 4.74 Å². The summed E-state index contributed by atoms with van der Waals surface area (Å²) in [6.45, 7) is 3.89. The molecule has 0 bridgehead atoms. The maximum atomic E-state index is 5.93. The Kier molecular flexibility index (Phi) is 2.94. The molecular formula is C13H11BrN4O. The summed E-state index contributed by atoms with van der Waals surface area (Å²) in [6.07, 6.45) is 1.46. The quantitative estimate of drug-likeness (QED) is 0.727. The first-order valence-electron chi connectivity index (χ1n) is 5.75. The molecule has 2 heterocycles. The molecule has 0 radical (unpaired) electrons. The van der Waals surface area contributed by atoms with E-state index < -0.39 is 0 Å². The van der Waals surface area contributed by atoms with E-state index in [1.165, 1.54) is 6.33 Å². The Morgan fingerprint density at radius 2 is 2.05 bits per heavy atom. The number of benzene rings is 1. The third kappa shape index (κ3) is 2.31. The smallest absolute Gasteiger partial charge is 0.255 e. The summed E-state index contributed by atoms with van der Waals surface area (Å²) in [6, 6.07) is 7.73. The van der Waals surface area contributed by atoms with Crippen molar-refractivity contribution in [2.45, 2.75) is 13.8 Å². The molecule has 0 aliphatic heterocycles. The van der Waals surface area contributed by atoms with E-state index >= 15 is 0 Å². The fourth-order valence-corrected chi connectivity index (χ4v) is 2.11. The largest absolute Gasteiger partial charge is 0.438 e. The van der Waals surface area contributed by atoms with Gasteiger partial charge in [-0.25, -0.2) is 4.98 Å². The molecule has 96 valence electrons. The van der Waals surface area contributed by atoms with Crippen molar-refractivity contribution in [2.24, 2.45) is 0 Å². The van der Waals surface area contributed by atoms with Gasteiger partial charge in [0.1, 0.15) is 12.1 Å². The van der Waals surface area contributed by atoms with Gasteiger partial charge in [0.25, 0.3) is 5.78 Å². The van der Waals surface area contributed by atoms with Crippen LogP contribution in [0.5, 0.6) is 11.6 Å². The number of hydrogen-bond donors (Lipinski definition) is 0. The fourth-order valence-electron chi connectivity index (χ4n) is 1.77. The molecule has 19 heavy (non-hydrogen) atoms. The standard InChI is InChI=1S/C13H11BrN4O/c1-8-3-4-10(14)6-11(8)19-12-5-9(2)17-13-15-7-16-18(12)13/h3-7H,1-2H3. The van der Waals surface area contributed by atoms with Crippen LogP contribution in [-0.2, 0) is 0 Å². The lowest BCUT2D eigenvalue weighted by Gasteiger charge is -2.10. The van der Waals surface area contributed by atoms with Crippen molar-refractivity contribution >= 4 is 21.7 Å². The first kappa shape index (κ1) is 12.1. The number of nitrogens with zero attached hydrogens (tertiary/aromatic N) is 4. The second-order valence-corrected chi connectivity index (χ2v) is 5.14.